The average molecular weight is 704 g/mol. The molecule has 0 saturated carbocycles. The van der Waals surface area contributed by atoms with E-state index in [1.165, 1.54) is 38.9 Å². The van der Waals surface area contributed by atoms with Crippen molar-refractivity contribution in [2.24, 2.45) is 0 Å². The van der Waals surface area contributed by atoms with Gasteiger partial charge < -0.3 is 4.74 Å². The van der Waals surface area contributed by atoms with Gasteiger partial charge in [-0.25, -0.2) is 15.0 Å². The smallest absolute Gasteiger partial charge is 0.167 e. The first kappa shape index (κ1) is 31.4. The van der Waals surface area contributed by atoms with Crippen LogP contribution in [0.4, 0.5) is 0 Å². The number of hydrogen-bond acceptors (Lipinski definition) is 4. The van der Waals surface area contributed by atoms with E-state index in [9.17, 15) is 0 Å². The molecule has 0 bridgehead atoms. The highest BCUT2D eigenvalue weighted by Gasteiger charge is 2.46. The lowest BCUT2D eigenvalue weighted by Crippen LogP contribution is -2.28. The third-order valence-electron chi connectivity index (χ3n) is 11.3. The van der Waals surface area contributed by atoms with E-state index in [2.05, 4.69) is 158 Å². The minimum atomic E-state index is -0.470. The van der Waals surface area contributed by atoms with Gasteiger partial charge in [0.05, 0.1) is 11.0 Å². The molecule has 8 aromatic carbocycles. The van der Waals surface area contributed by atoms with Crippen LogP contribution in [0.3, 0.4) is 0 Å². The third kappa shape index (κ3) is 4.81. The summed E-state index contributed by atoms with van der Waals surface area (Å²) in [5.41, 5.74) is 13.2. The molecule has 1 aliphatic carbocycles. The van der Waals surface area contributed by atoms with Gasteiger partial charge in [-0.05, 0) is 73.5 Å². The summed E-state index contributed by atoms with van der Waals surface area (Å²) >= 11 is 0. The lowest BCUT2D eigenvalue weighted by molar-refractivity contribution is 0.303. The Bertz CT molecular complexity index is 2880. The Morgan fingerprint density at radius 3 is 1.75 bits per heavy atom. The fourth-order valence-corrected chi connectivity index (χ4v) is 8.89. The second-order valence-electron chi connectivity index (χ2n) is 14.3. The maximum atomic E-state index is 6.81. The molecule has 0 unspecified atom stereocenters. The number of hydrogen-bond donors (Lipinski definition) is 0. The van der Waals surface area contributed by atoms with Gasteiger partial charge in [-0.3, -0.25) is 0 Å². The number of fused-ring (bicyclic) bond motifs is 7. The predicted octanol–water partition coefficient (Wildman–Crippen LogP) is 11.9. The maximum Gasteiger partial charge on any atom is 0.167 e. The van der Waals surface area contributed by atoms with E-state index in [1.54, 1.807) is 0 Å². The Balaban J connectivity index is 1.12. The molecule has 0 saturated heterocycles. The van der Waals surface area contributed by atoms with Gasteiger partial charge >= 0.3 is 0 Å². The zero-order chi connectivity index (χ0) is 36.3. The molecule has 2 aliphatic rings. The standard InChI is InChI=1S/C51H33N3O/c1-4-17-34(18-5-1)48-52-49(41-27-14-19-33-16-10-11-24-38(33)41)54-50(53-48)42-28-15-26-40-43-31-44-39-25-12-13-29-45(39)51(36-20-6-2-7-21-36,37-22-8-3-9-23-37)46(44)30-35(43)32-55-47(40)42/h1-31H,32H2. The number of para-hydroxylation sites is 1. The van der Waals surface area contributed by atoms with Crippen molar-refractivity contribution in [3.05, 3.63) is 216 Å². The average Bonchev–Trinajstić information content (AvgIpc) is 3.56. The Morgan fingerprint density at radius 1 is 0.400 bits per heavy atom. The Kier molecular flexibility index (Phi) is 7.11. The number of nitrogens with zero attached hydrogens (tertiary/aromatic N) is 3. The van der Waals surface area contributed by atoms with Crippen molar-refractivity contribution in [2.45, 2.75) is 12.0 Å². The van der Waals surface area contributed by atoms with Crippen LogP contribution in [0.2, 0.25) is 0 Å². The molecule has 11 rings (SSSR count). The molecule has 55 heavy (non-hydrogen) atoms. The van der Waals surface area contributed by atoms with Crippen molar-refractivity contribution < 1.29 is 4.74 Å². The van der Waals surface area contributed by atoms with Crippen molar-refractivity contribution in [1.82, 2.24) is 15.0 Å². The van der Waals surface area contributed by atoms with Crippen LogP contribution in [0.1, 0.15) is 27.8 Å². The highest BCUT2D eigenvalue weighted by atomic mass is 16.5. The van der Waals surface area contributed by atoms with Crippen LogP contribution < -0.4 is 4.74 Å². The number of benzene rings is 8. The van der Waals surface area contributed by atoms with Gasteiger partial charge in [-0.1, -0.05) is 170 Å². The van der Waals surface area contributed by atoms with Gasteiger partial charge in [0, 0.05) is 16.7 Å². The fraction of sp³-hybridized carbons (Fsp3) is 0.0392. The number of rotatable bonds is 5. The topological polar surface area (TPSA) is 47.9 Å². The van der Waals surface area contributed by atoms with E-state index in [-0.39, 0.29) is 0 Å². The molecule has 0 fully saturated rings. The molecule has 0 spiro atoms. The monoisotopic (exact) mass is 703 g/mol. The molecular weight excluding hydrogens is 671 g/mol. The van der Waals surface area contributed by atoms with Gasteiger partial charge in [0.2, 0.25) is 0 Å². The van der Waals surface area contributed by atoms with Gasteiger partial charge in [0.25, 0.3) is 0 Å². The zero-order valence-corrected chi connectivity index (χ0v) is 29.9. The summed E-state index contributed by atoms with van der Waals surface area (Å²) < 4.78 is 6.81. The van der Waals surface area contributed by atoms with Crippen LogP contribution in [0.25, 0.3) is 67.2 Å². The summed E-state index contributed by atoms with van der Waals surface area (Å²) in [5.74, 6) is 2.61. The van der Waals surface area contributed by atoms with E-state index in [0.29, 0.717) is 24.1 Å². The summed E-state index contributed by atoms with van der Waals surface area (Å²) in [6.45, 7) is 0.426. The normalized spacial score (nSPS) is 13.3. The van der Waals surface area contributed by atoms with Crippen molar-refractivity contribution >= 4 is 10.8 Å². The van der Waals surface area contributed by atoms with E-state index in [1.807, 2.05) is 30.3 Å². The zero-order valence-electron chi connectivity index (χ0n) is 29.9. The lowest BCUT2D eigenvalue weighted by atomic mass is 9.67. The van der Waals surface area contributed by atoms with Crippen molar-refractivity contribution in [1.29, 1.82) is 0 Å². The summed E-state index contributed by atoms with van der Waals surface area (Å²) in [6.07, 6.45) is 0. The number of aromatic nitrogens is 3. The van der Waals surface area contributed by atoms with Gasteiger partial charge in [-0.15, -0.1) is 0 Å². The highest BCUT2D eigenvalue weighted by molar-refractivity contribution is 5.96. The predicted molar refractivity (Wildman–Crippen MR) is 221 cm³/mol. The largest absolute Gasteiger partial charge is 0.487 e. The number of ether oxygens (including phenoxy) is 1. The second kappa shape index (κ2) is 12.5. The first-order chi connectivity index (χ1) is 27.3. The summed E-state index contributed by atoms with van der Waals surface area (Å²) in [7, 11) is 0. The van der Waals surface area contributed by atoms with Crippen LogP contribution in [0, 0.1) is 0 Å². The third-order valence-corrected chi connectivity index (χ3v) is 11.3. The molecule has 4 heteroatoms. The SMILES string of the molecule is c1ccc(-c2nc(-c3cccc4c3OCc3cc5c(cc3-4)-c3ccccc3C5(c3ccccc3)c3ccccc3)nc(-c3cccc4ccccc34)n2)cc1. The van der Waals surface area contributed by atoms with Crippen LogP contribution in [0.15, 0.2) is 188 Å². The van der Waals surface area contributed by atoms with Gasteiger partial charge in [0.15, 0.2) is 17.5 Å². The molecule has 4 nitrogen and oxygen atoms in total. The first-order valence-corrected chi connectivity index (χ1v) is 18.7. The highest BCUT2D eigenvalue weighted by Crippen LogP contribution is 2.58. The molecule has 1 aromatic heterocycles. The van der Waals surface area contributed by atoms with Crippen molar-refractivity contribution in [2.75, 3.05) is 0 Å². The molecule has 0 atom stereocenters. The van der Waals surface area contributed by atoms with E-state index in [0.717, 1.165) is 44.3 Å². The van der Waals surface area contributed by atoms with Crippen molar-refractivity contribution in [3.8, 4) is 62.2 Å². The molecule has 258 valence electrons. The fourth-order valence-electron chi connectivity index (χ4n) is 8.89. The van der Waals surface area contributed by atoms with Crippen LogP contribution in [0.5, 0.6) is 5.75 Å². The molecule has 2 heterocycles. The van der Waals surface area contributed by atoms with Crippen LogP contribution >= 0.6 is 0 Å². The summed E-state index contributed by atoms with van der Waals surface area (Å²) in [6, 6.07) is 66.6. The minimum Gasteiger partial charge on any atom is -0.487 e. The summed E-state index contributed by atoms with van der Waals surface area (Å²) in [4.78, 5) is 15.4. The van der Waals surface area contributed by atoms with Gasteiger partial charge in [0.1, 0.15) is 12.4 Å². The second-order valence-corrected chi connectivity index (χ2v) is 14.3. The molecular formula is C51H33N3O. The van der Waals surface area contributed by atoms with Gasteiger partial charge in [-0.2, -0.15) is 0 Å². The van der Waals surface area contributed by atoms with Crippen LogP contribution in [-0.4, -0.2) is 15.0 Å². The Labute approximate surface area is 319 Å². The maximum absolute atomic E-state index is 6.81. The Hall–Kier alpha value is -7.17. The Morgan fingerprint density at radius 2 is 0.964 bits per heavy atom. The lowest BCUT2D eigenvalue weighted by Gasteiger charge is -2.34. The van der Waals surface area contributed by atoms with Crippen LogP contribution in [-0.2, 0) is 12.0 Å². The molecule has 9 aromatic rings. The molecule has 0 radical (unpaired) electrons. The van der Waals surface area contributed by atoms with E-state index < -0.39 is 5.41 Å². The minimum absolute atomic E-state index is 0.426. The molecule has 0 amide bonds. The molecule has 1 aliphatic heterocycles. The van der Waals surface area contributed by atoms with E-state index >= 15 is 0 Å². The summed E-state index contributed by atoms with van der Waals surface area (Å²) in [5, 5.41) is 2.23. The first-order valence-electron chi connectivity index (χ1n) is 18.7. The quantitative estimate of drug-likeness (QED) is 0.179. The van der Waals surface area contributed by atoms with E-state index in [4.69, 9.17) is 19.7 Å². The molecule has 0 N–H and O–H groups in total. The van der Waals surface area contributed by atoms with Crippen molar-refractivity contribution in [3.63, 3.8) is 0 Å².